The topological polar surface area (TPSA) is 20.2 Å². The number of aliphatic hydroxyl groups is 1. The van der Waals surface area contributed by atoms with Crippen LogP contribution in [0.2, 0.25) is 0 Å². The van der Waals surface area contributed by atoms with Crippen LogP contribution in [-0.4, -0.2) is 11.7 Å². The Morgan fingerprint density at radius 1 is 1.30 bits per heavy atom. The molecule has 0 radical (unpaired) electrons. The van der Waals surface area contributed by atoms with Crippen LogP contribution in [0, 0.1) is 23.7 Å². The normalized spacial score (nSPS) is 23.2. The van der Waals surface area contributed by atoms with Gasteiger partial charge >= 0.3 is 0 Å². The van der Waals surface area contributed by atoms with Gasteiger partial charge in [-0.05, 0) is 68.2 Å². The zero-order valence-corrected chi connectivity index (χ0v) is 17.6. The summed E-state index contributed by atoms with van der Waals surface area (Å²) in [7, 11) is 0. The Labute approximate surface area is 169 Å². The van der Waals surface area contributed by atoms with Crippen molar-refractivity contribution in [2.75, 3.05) is 6.61 Å². The van der Waals surface area contributed by atoms with Gasteiger partial charge in [-0.25, -0.2) is 0 Å². The molecule has 2 aliphatic rings. The van der Waals surface area contributed by atoms with Crippen molar-refractivity contribution in [1.29, 1.82) is 0 Å². The van der Waals surface area contributed by atoms with Crippen molar-refractivity contribution in [3.05, 3.63) is 69.9 Å². The summed E-state index contributed by atoms with van der Waals surface area (Å²) < 4.78 is 0. The Morgan fingerprint density at radius 2 is 2.07 bits per heavy atom. The second-order valence-electron chi connectivity index (χ2n) is 7.46. The van der Waals surface area contributed by atoms with Crippen molar-refractivity contribution < 1.29 is 5.11 Å². The monoisotopic (exact) mass is 382 g/mol. The molecule has 0 fully saturated rings. The summed E-state index contributed by atoms with van der Waals surface area (Å²) >= 11 is 6.07. The molecular weight excluding hydrogens is 352 g/mol. The predicted octanol–water partition coefficient (Wildman–Crippen LogP) is 6.64. The first-order valence-corrected chi connectivity index (χ1v) is 10.2. The number of halogens is 1. The molecule has 2 rings (SSSR count). The minimum atomic E-state index is 0.201. The van der Waals surface area contributed by atoms with Crippen LogP contribution in [0.1, 0.15) is 52.9 Å². The van der Waals surface area contributed by atoms with Gasteiger partial charge in [-0.1, -0.05) is 66.8 Å². The fourth-order valence-electron chi connectivity index (χ4n) is 3.54. The number of aliphatic hydroxyl groups excluding tert-OH is 1. The highest BCUT2D eigenvalue weighted by atomic mass is 35.5. The predicted molar refractivity (Wildman–Crippen MR) is 117 cm³/mol. The maximum atomic E-state index is 8.88. The SMILES string of the molecule is C=C(/C=C\C(C)=C(/C)Cl)C1CCC(C)C2=C1C=CC(C#CCCCO)=CC2. The standard InChI is InChI=1S/C25H31ClO/c1-18(21(4)26)9-10-19(2)23-14-11-20(3)24-15-12-22(13-16-25(23)24)8-6-5-7-17-27/h9-10,12-13,16,20,23,27H,2,5,7,11,14-15,17H2,1,3-4H3/b10-9-,21-18+. The first-order chi connectivity index (χ1) is 12.9. The zero-order chi connectivity index (χ0) is 19.8. The lowest BCUT2D eigenvalue weighted by Crippen LogP contribution is -2.18. The minimum absolute atomic E-state index is 0.201. The van der Waals surface area contributed by atoms with E-state index in [9.17, 15) is 0 Å². The summed E-state index contributed by atoms with van der Waals surface area (Å²) in [6.07, 6.45) is 15.6. The Hall–Kier alpha value is -1.75. The molecule has 0 aromatic carbocycles. The molecule has 1 N–H and O–H groups in total. The Kier molecular flexibility index (Phi) is 8.42. The zero-order valence-electron chi connectivity index (χ0n) is 16.8. The van der Waals surface area contributed by atoms with Gasteiger partial charge in [0.15, 0.2) is 0 Å². The molecule has 0 aliphatic heterocycles. The van der Waals surface area contributed by atoms with Crippen molar-refractivity contribution in [3.8, 4) is 11.8 Å². The summed E-state index contributed by atoms with van der Waals surface area (Å²) in [6.45, 7) is 10.8. The Bertz CT molecular complexity index is 773. The molecule has 0 spiro atoms. The van der Waals surface area contributed by atoms with E-state index in [1.165, 1.54) is 17.6 Å². The van der Waals surface area contributed by atoms with Gasteiger partial charge in [-0.15, -0.1) is 0 Å². The highest BCUT2D eigenvalue weighted by Gasteiger charge is 2.27. The quantitative estimate of drug-likeness (QED) is 0.321. The van der Waals surface area contributed by atoms with Crippen LogP contribution in [0.5, 0.6) is 0 Å². The van der Waals surface area contributed by atoms with Gasteiger partial charge in [0, 0.05) is 29.6 Å². The smallest absolute Gasteiger partial charge is 0.0440 e. The first-order valence-electron chi connectivity index (χ1n) is 9.84. The van der Waals surface area contributed by atoms with Gasteiger partial charge in [0.05, 0.1) is 0 Å². The number of allylic oxidation sites excluding steroid dienone is 11. The van der Waals surface area contributed by atoms with Crippen molar-refractivity contribution in [2.24, 2.45) is 11.8 Å². The number of hydrogen-bond acceptors (Lipinski definition) is 1. The summed E-state index contributed by atoms with van der Waals surface area (Å²) in [6, 6.07) is 0. The highest BCUT2D eigenvalue weighted by Crippen LogP contribution is 2.41. The van der Waals surface area contributed by atoms with E-state index in [-0.39, 0.29) is 6.61 Å². The second kappa shape index (κ2) is 10.5. The molecule has 0 bridgehead atoms. The van der Waals surface area contributed by atoms with E-state index in [2.05, 4.69) is 55.7 Å². The molecule has 0 saturated carbocycles. The average Bonchev–Trinajstić information content (AvgIpc) is 2.87. The molecular formula is C25H31ClO. The molecule has 1 nitrogen and oxygen atoms in total. The third-order valence-corrected chi connectivity index (χ3v) is 5.74. The summed E-state index contributed by atoms with van der Waals surface area (Å²) in [5.41, 5.74) is 6.23. The van der Waals surface area contributed by atoms with Crippen molar-refractivity contribution in [1.82, 2.24) is 0 Å². The minimum Gasteiger partial charge on any atom is -0.396 e. The molecule has 0 amide bonds. The van der Waals surface area contributed by atoms with Crippen LogP contribution in [0.4, 0.5) is 0 Å². The molecule has 2 heteroatoms. The summed E-state index contributed by atoms with van der Waals surface area (Å²) in [5.74, 6) is 7.37. The summed E-state index contributed by atoms with van der Waals surface area (Å²) in [5, 5.41) is 9.70. The molecule has 0 heterocycles. The van der Waals surface area contributed by atoms with E-state index < -0.39 is 0 Å². The van der Waals surface area contributed by atoms with Gasteiger partial charge in [0.25, 0.3) is 0 Å². The van der Waals surface area contributed by atoms with Crippen LogP contribution >= 0.6 is 11.6 Å². The number of hydrogen-bond donors (Lipinski definition) is 1. The molecule has 0 saturated heterocycles. The van der Waals surface area contributed by atoms with Crippen LogP contribution in [0.3, 0.4) is 0 Å². The third-order valence-electron chi connectivity index (χ3n) is 5.44. The largest absolute Gasteiger partial charge is 0.396 e. The van der Waals surface area contributed by atoms with Crippen LogP contribution in [0.25, 0.3) is 0 Å². The van der Waals surface area contributed by atoms with E-state index >= 15 is 0 Å². The van der Waals surface area contributed by atoms with Gasteiger partial charge < -0.3 is 5.11 Å². The first kappa shape index (κ1) is 21.5. The maximum Gasteiger partial charge on any atom is 0.0440 e. The van der Waals surface area contributed by atoms with Crippen molar-refractivity contribution >= 4 is 11.6 Å². The third kappa shape index (κ3) is 6.13. The maximum absolute atomic E-state index is 8.88. The van der Waals surface area contributed by atoms with E-state index in [4.69, 9.17) is 16.7 Å². The van der Waals surface area contributed by atoms with E-state index in [1.807, 2.05) is 13.8 Å². The average molecular weight is 383 g/mol. The van der Waals surface area contributed by atoms with Crippen molar-refractivity contribution in [3.63, 3.8) is 0 Å². The highest BCUT2D eigenvalue weighted by molar-refractivity contribution is 6.29. The second-order valence-corrected chi connectivity index (χ2v) is 8.03. The van der Waals surface area contributed by atoms with Crippen molar-refractivity contribution in [2.45, 2.75) is 52.9 Å². The van der Waals surface area contributed by atoms with E-state index in [0.29, 0.717) is 11.8 Å². The summed E-state index contributed by atoms with van der Waals surface area (Å²) in [4.78, 5) is 0. The molecule has 144 valence electrons. The van der Waals surface area contributed by atoms with E-state index in [0.717, 1.165) is 47.4 Å². The van der Waals surface area contributed by atoms with Crippen LogP contribution < -0.4 is 0 Å². The molecule has 2 aliphatic carbocycles. The van der Waals surface area contributed by atoms with Gasteiger partial charge in [-0.3, -0.25) is 0 Å². The molecule has 0 aromatic heterocycles. The number of unbranched alkanes of at least 4 members (excludes halogenated alkanes) is 1. The lowest BCUT2D eigenvalue weighted by Gasteiger charge is -2.31. The number of rotatable bonds is 5. The lowest BCUT2D eigenvalue weighted by molar-refractivity contribution is 0.290. The molecule has 0 aromatic rings. The fourth-order valence-corrected chi connectivity index (χ4v) is 3.60. The van der Waals surface area contributed by atoms with Gasteiger partial charge in [0.2, 0.25) is 0 Å². The van der Waals surface area contributed by atoms with Crippen LogP contribution in [-0.2, 0) is 0 Å². The molecule has 27 heavy (non-hydrogen) atoms. The lowest BCUT2D eigenvalue weighted by atomic mass is 9.73. The Balaban J connectivity index is 2.21. The molecule has 2 unspecified atom stereocenters. The molecule has 2 atom stereocenters. The Morgan fingerprint density at radius 3 is 2.78 bits per heavy atom. The van der Waals surface area contributed by atoms with Gasteiger partial charge in [0.1, 0.15) is 0 Å². The van der Waals surface area contributed by atoms with E-state index in [1.54, 1.807) is 0 Å². The van der Waals surface area contributed by atoms with Crippen LogP contribution in [0.15, 0.2) is 69.9 Å². The van der Waals surface area contributed by atoms with Gasteiger partial charge in [-0.2, -0.15) is 0 Å². The fraction of sp³-hybridized carbons (Fsp3) is 0.440.